The lowest BCUT2D eigenvalue weighted by molar-refractivity contribution is -0.140. The summed E-state index contributed by atoms with van der Waals surface area (Å²) >= 11 is 0. The van der Waals surface area contributed by atoms with Crippen molar-refractivity contribution in [2.24, 2.45) is 0 Å². The Morgan fingerprint density at radius 3 is 2.18 bits per heavy atom. The summed E-state index contributed by atoms with van der Waals surface area (Å²) in [6.07, 6.45) is 2.43. The third-order valence-corrected chi connectivity index (χ3v) is 7.03. The summed E-state index contributed by atoms with van der Waals surface area (Å²) in [5.41, 5.74) is 2.54. The van der Waals surface area contributed by atoms with Crippen LogP contribution in [0.3, 0.4) is 0 Å². The van der Waals surface area contributed by atoms with E-state index in [1.54, 1.807) is 24.0 Å². The van der Waals surface area contributed by atoms with Crippen molar-refractivity contribution in [1.82, 2.24) is 10.2 Å². The molecule has 2 atom stereocenters. The molecule has 0 saturated heterocycles. The summed E-state index contributed by atoms with van der Waals surface area (Å²) < 4.78 is 26.1. The third-order valence-electron chi connectivity index (χ3n) is 5.84. The van der Waals surface area contributed by atoms with Crippen LogP contribution in [-0.4, -0.2) is 50.0 Å². The van der Waals surface area contributed by atoms with Gasteiger partial charge in [0.1, 0.15) is 6.04 Å². The van der Waals surface area contributed by atoms with Crippen molar-refractivity contribution in [1.29, 1.82) is 0 Å². The van der Waals surface area contributed by atoms with Crippen molar-refractivity contribution >= 4 is 27.5 Å². The van der Waals surface area contributed by atoms with E-state index in [0.717, 1.165) is 23.8 Å². The van der Waals surface area contributed by atoms with Gasteiger partial charge in [0.15, 0.2) is 0 Å². The minimum atomic E-state index is -3.50. The van der Waals surface area contributed by atoms with Crippen molar-refractivity contribution in [3.63, 3.8) is 0 Å². The SMILES string of the molecule is CCC(C)NC(=O)C(C)N(Cc1ccccc1)C(=O)CCCN(c1ccc(C)cc1)S(C)(=O)=O. The molecule has 186 valence electrons. The van der Waals surface area contributed by atoms with Gasteiger partial charge in [0, 0.05) is 25.6 Å². The first-order valence-electron chi connectivity index (χ1n) is 11.7. The van der Waals surface area contributed by atoms with Gasteiger partial charge < -0.3 is 10.2 Å². The Bertz CT molecular complexity index is 1040. The molecule has 2 amide bonds. The second kappa shape index (κ2) is 12.6. The number of carbonyl (C=O) groups excluding carboxylic acids is 2. The van der Waals surface area contributed by atoms with E-state index < -0.39 is 16.1 Å². The highest BCUT2D eigenvalue weighted by Gasteiger charge is 2.27. The molecule has 8 heteroatoms. The van der Waals surface area contributed by atoms with E-state index >= 15 is 0 Å². The first kappa shape index (κ1) is 27.4. The Hall–Kier alpha value is -2.87. The van der Waals surface area contributed by atoms with Gasteiger partial charge in [-0.25, -0.2) is 8.42 Å². The predicted molar refractivity (Wildman–Crippen MR) is 137 cm³/mol. The molecule has 2 aromatic rings. The van der Waals surface area contributed by atoms with E-state index in [2.05, 4.69) is 5.32 Å². The van der Waals surface area contributed by atoms with Crippen LogP contribution >= 0.6 is 0 Å². The van der Waals surface area contributed by atoms with Crippen LogP contribution in [0.1, 0.15) is 51.2 Å². The van der Waals surface area contributed by atoms with Crippen LogP contribution in [0.2, 0.25) is 0 Å². The van der Waals surface area contributed by atoms with Gasteiger partial charge in [0.2, 0.25) is 21.8 Å². The fourth-order valence-corrected chi connectivity index (χ4v) is 4.51. The van der Waals surface area contributed by atoms with Gasteiger partial charge in [-0.05, 0) is 51.3 Å². The molecule has 7 nitrogen and oxygen atoms in total. The molecule has 1 N–H and O–H groups in total. The molecule has 2 aromatic carbocycles. The first-order chi connectivity index (χ1) is 16.0. The lowest BCUT2D eigenvalue weighted by Crippen LogP contribution is -2.49. The van der Waals surface area contributed by atoms with Crippen molar-refractivity contribution in [2.75, 3.05) is 17.1 Å². The number of benzene rings is 2. The fourth-order valence-electron chi connectivity index (χ4n) is 3.54. The van der Waals surface area contributed by atoms with Crippen LogP contribution in [0.15, 0.2) is 54.6 Å². The van der Waals surface area contributed by atoms with Crippen LogP contribution in [0, 0.1) is 6.92 Å². The van der Waals surface area contributed by atoms with Gasteiger partial charge in [0.05, 0.1) is 11.9 Å². The highest BCUT2D eigenvalue weighted by atomic mass is 32.2. The molecule has 0 aliphatic carbocycles. The van der Waals surface area contributed by atoms with E-state index in [-0.39, 0.29) is 30.8 Å². The number of hydrogen-bond acceptors (Lipinski definition) is 4. The van der Waals surface area contributed by atoms with E-state index in [1.165, 1.54) is 4.31 Å². The minimum Gasteiger partial charge on any atom is -0.352 e. The van der Waals surface area contributed by atoms with Gasteiger partial charge in [-0.1, -0.05) is 55.0 Å². The average Bonchev–Trinajstić information content (AvgIpc) is 2.80. The van der Waals surface area contributed by atoms with Crippen molar-refractivity contribution in [3.8, 4) is 0 Å². The zero-order valence-electron chi connectivity index (χ0n) is 20.8. The fraction of sp³-hybridized carbons (Fsp3) is 0.462. The summed E-state index contributed by atoms with van der Waals surface area (Å²) in [7, 11) is -3.50. The van der Waals surface area contributed by atoms with Gasteiger partial charge in [-0.3, -0.25) is 13.9 Å². The normalized spacial score (nSPS) is 13.1. The number of nitrogens with zero attached hydrogens (tertiary/aromatic N) is 2. The standard InChI is InChI=1S/C26H37N3O4S/c1-6-21(3)27-26(31)22(4)28(19-23-11-8-7-9-12-23)25(30)13-10-18-29(34(5,32)33)24-16-14-20(2)15-17-24/h7-9,11-12,14-17,21-22H,6,10,13,18-19H2,1-5H3,(H,27,31). The molecular weight excluding hydrogens is 450 g/mol. The number of carbonyl (C=O) groups is 2. The van der Waals surface area contributed by atoms with Crippen LogP contribution in [0.25, 0.3) is 0 Å². The predicted octanol–water partition coefficient (Wildman–Crippen LogP) is 3.87. The Balaban J connectivity index is 2.13. The van der Waals surface area contributed by atoms with Crippen LogP contribution in [0.4, 0.5) is 5.69 Å². The summed E-state index contributed by atoms with van der Waals surface area (Å²) in [6, 6.07) is 16.1. The average molecular weight is 488 g/mol. The van der Waals surface area contributed by atoms with Gasteiger partial charge in [-0.15, -0.1) is 0 Å². The molecule has 0 fully saturated rings. The largest absolute Gasteiger partial charge is 0.352 e. The molecule has 0 radical (unpaired) electrons. The Kier molecular flexibility index (Phi) is 10.1. The van der Waals surface area contributed by atoms with Gasteiger partial charge in [-0.2, -0.15) is 0 Å². The number of aryl methyl sites for hydroxylation is 1. The summed E-state index contributed by atoms with van der Waals surface area (Å²) in [5, 5.41) is 2.95. The molecule has 2 unspecified atom stereocenters. The van der Waals surface area contributed by atoms with Crippen molar-refractivity contribution < 1.29 is 18.0 Å². The van der Waals surface area contributed by atoms with Gasteiger partial charge in [0.25, 0.3) is 0 Å². The molecule has 34 heavy (non-hydrogen) atoms. The number of sulfonamides is 1. The van der Waals surface area contributed by atoms with Crippen LogP contribution in [0.5, 0.6) is 0 Å². The third kappa shape index (κ3) is 8.17. The van der Waals surface area contributed by atoms with Gasteiger partial charge >= 0.3 is 0 Å². The highest BCUT2D eigenvalue weighted by Crippen LogP contribution is 2.20. The second-order valence-electron chi connectivity index (χ2n) is 8.78. The van der Waals surface area contributed by atoms with Crippen LogP contribution in [-0.2, 0) is 26.2 Å². The number of rotatable bonds is 12. The zero-order chi connectivity index (χ0) is 25.3. The first-order valence-corrected chi connectivity index (χ1v) is 13.6. The Morgan fingerprint density at radius 2 is 1.62 bits per heavy atom. The molecule has 0 spiro atoms. The molecule has 2 rings (SSSR count). The van der Waals surface area contributed by atoms with E-state index in [9.17, 15) is 18.0 Å². The molecule has 0 saturated carbocycles. The van der Waals surface area contributed by atoms with E-state index in [1.807, 2.05) is 63.2 Å². The lowest BCUT2D eigenvalue weighted by atomic mass is 10.1. The monoisotopic (exact) mass is 487 g/mol. The molecule has 0 aliphatic heterocycles. The smallest absolute Gasteiger partial charge is 0.242 e. The maximum absolute atomic E-state index is 13.2. The van der Waals surface area contributed by atoms with Crippen molar-refractivity contribution in [3.05, 3.63) is 65.7 Å². The molecule has 0 aromatic heterocycles. The van der Waals surface area contributed by atoms with E-state index in [4.69, 9.17) is 0 Å². The van der Waals surface area contributed by atoms with Crippen LogP contribution < -0.4 is 9.62 Å². The molecular formula is C26H37N3O4S. The summed E-state index contributed by atoms with van der Waals surface area (Å²) in [4.78, 5) is 27.6. The maximum atomic E-state index is 13.2. The quantitative estimate of drug-likeness (QED) is 0.492. The maximum Gasteiger partial charge on any atom is 0.242 e. The summed E-state index contributed by atoms with van der Waals surface area (Å²) in [5.74, 6) is -0.385. The highest BCUT2D eigenvalue weighted by molar-refractivity contribution is 7.92. The number of amides is 2. The Morgan fingerprint density at radius 1 is 1.00 bits per heavy atom. The second-order valence-corrected chi connectivity index (χ2v) is 10.7. The molecule has 0 heterocycles. The number of hydrogen-bond donors (Lipinski definition) is 1. The Labute approximate surface area is 204 Å². The lowest BCUT2D eigenvalue weighted by Gasteiger charge is -2.30. The minimum absolute atomic E-state index is 0.0152. The topological polar surface area (TPSA) is 86.8 Å². The van der Waals surface area contributed by atoms with E-state index in [0.29, 0.717) is 18.7 Å². The van der Waals surface area contributed by atoms with Crippen molar-refractivity contribution in [2.45, 2.75) is 65.6 Å². The zero-order valence-corrected chi connectivity index (χ0v) is 21.6. The number of nitrogens with one attached hydrogen (secondary N) is 1. The summed E-state index contributed by atoms with van der Waals surface area (Å²) in [6.45, 7) is 8.08. The number of anilines is 1. The molecule has 0 aliphatic rings. The molecule has 0 bridgehead atoms.